The Balaban J connectivity index is 1.87. The molecular formula is C19H29N. The second-order valence-electron chi connectivity index (χ2n) is 7.49. The predicted octanol–water partition coefficient (Wildman–Crippen LogP) is 4.70. The number of hydrogen-bond donors (Lipinski definition) is 0. The first-order valence-electron chi connectivity index (χ1n) is 8.42. The fourth-order valence-electron chi connectivity index (χ4n) is 3.53. The van der Waals surface area contributed by atoms with Crippen LogP contribution in [-0.2, 0) is 13.0 Å². The molecule has 2 aliphatic rings. The standard InChI is InChI=1S/C19H29N/c1-13(2)18-9-16-7-8-20(11-15-5-6-15)12-17(16)10-19(18)14(3)4/h9-10,13-15H,5-8,11-12H2,1-4H3. The lowest BCUT2D eigenvalue weighted by Crippen LogP contribution is -2.32. The van der Waals surface area contributed by atoms with Crippen LogP contribution in [0.15, 0.2) is 12.1 Å². The maximum Gasteiger partial charge on any atom is 0.0236 e. The molecular weight excluding hydrogens is 242 g/mol. The van der Waals surface area contributed by atoms with E-state index in [1.54, 1.807) is 22.3 Å². The van der Waals surface area contributed by atoms with Crippen molar-refractivity contribution < 1.29 is 0 Å². The van der Waals surface area contributed by atoms with Crippen molar-refractivity contribution in [1.82, 2.24) is 4.90 Å². The minimum Gasteiger partial charge on any atom is -0.298 e. The highest BCUT2D eigenvalue weighted by Crippen LogP contribution is 2.34. The van der Waals surface area contributed by atoms with E-state index in [1.807, 2.05) is 0 Å². The molecule has 3 rings (SSSR count). The van der Waals surface area contributed by atoms with E-state index < -0.39 is 0 Å². The van der Waals surface area contributed by atoms with Crippen LogP contribution in [0.5, 0.6) is 0 Å². The Hall–Kier alpha value is -0.820. The Morgan fingerprint density at radius 3 is 2.15 bits per heavy atom. The summed E-state index contributed by atoms with van der Waals surface area (Å²) in [5.74, 6) is 2.29. The van der Waals surface area contributed by atoms with Crippen molar-refractivity contribution in [2.24, 2.45) is 5.92 Å². The molecule has 1 aromatic rings. The van der Waals surface area contributed by atoms with E-state index in [9.17, 15) is 0 Å². The maximum atomic E-state index is 2.68. The van der Waals surface area contributed by atoms with E-state index in [-0.39, 0.29) is 0 Å². The van der Waals surface area contributed by atoms with Gasteiger partial charge < -0.3 is 0 Å². The largest absolute Gasteiger partial charge is 0.298 e. The van der Waals surface area contributed by atoms with Crippen LogP contribution in [0.2, 0.25) is 0 Å². The molecule has 1 heterocycles. The van der Waals surface area contributed by atoms with Crippen LogP contribution < -0.4 is 0 Å². The highest BCUT2D eigenvalue weighted by atomic mass is 15.1. The topological polar surface area (TPSA) is 3.24 Å². The average molecular weight is 271 g/mol. The Labute approximate surface area is 124 Å². The molecule has 110 valence electrons. The Morgan fingerprint density at radius 1 is 1.00 bits per heavy atom. The molecule has 1 aromatic carbocycles. The van der Waals surface area contributed by atoms with E-state index in [0.717, 1.165) is 5.92 Å². The summed E-state index contributed by atoms with van der Waals surface area (Å²) >= 11 is 0. The fourth-order valence-corrected chi connectivity index (χ4v) is 3.53. The molecule has 0 N–H and O–H groups in total. The van der Waals surface area contributed by atoms with E-state index in [4.69, 9.17) is 0 Å². The van der Waals surface area contributed by atoms with Gasteiger partial charge >= 0.3 is 0 Å². The van der Waals surface area contributed by atoms with E-state index in [1.165, 1.54) is 38.9 Å². The molecule has 0 saturated heterocycles. The van der Waals surface area contributed by atoms with Crippen molar-refractivity contribution >= 4 is 0 Å². The first kappa shape index (κ1) is 14.1. The zero-order valence-electron chi connectivity index (χ0n) is 13.6. The summed E-state index contributed by atoms with van der Waals surface area (Å²) in [4.78, 5) is 2.68. The SMILES string of the molecule is CC(C)c1cc2c(cc1C(C)C)CN(CC1CC1)CC2. The minimum atomic E-state index is 0.636. The van der Waals surface area contributed by atoms with Crippen LogP contribution >= 0.6 is 0 Å². The summed E-state index contributed by atoms with van der Waals surface area (Å²) < 4.78 is 0. The van der Waals surface area contributed by atoms with Gasteiger partial charge in [-0.3, -0.25) is 4.90 Å². The number of hydrogen-bond acceptors (Lipinski definition) is 1. The monoisotopic (exact) mass is 271 g/mol. The summed E-state index contributed by atoms with van der Waals surface area (Å²) in [5, 5.41) is 0. The van der Waals surface area contributed by atoms with Gasteiger partial charge in [-0.1, -0.05) is 39.8 Å². The molecule has 1 fully saturated rings. The first-order valence-corrected chi connectivity index (χ1v) is 8.42. The van der Waals surface area contributed by atoms with Crippen LogP contribution in [0.25, 0.3) is 0 Å². The van der Waals surface area contributed by atoms with Gasteiger partial charge in [-0.15, -0.1) is 0 Å². The van der Waals surface area contributed by atoms with E-state index in [0.29, 0.717) is 11.8 Å². The molecule has 0 aromatic heterocycles. The molecule has 1 aliphatic heterocycles. The van der Waals surface area contributed by atoms with Crippen molar-refractivity contribution in [1.29, 1.82) is 0 Å². The lowest BCUT2D eigenvalue weighted by atomic mass is 9.85. The third kappa shape index (κ3) is 2.93. The van der Waals surface area contributed by atoms with Gasteiger partial charge in [0.1, 0.15) is 0 Å². The van der Waals surface area contributed by atoms with E-state index >= 15 is 0 Å². The van der Waals surface area contributed by atoms with Gasteiger partial charge in [0.25, 0.3) is 0 Å². The zero-order chi connectivity index (χ0) is 14.3. The van der Waals surface area contributed by atoms with Crippen LogP contribution in [-0.4, -0.2) is 18.0 Å². The second kappa shape index (κ2) is 5.52. The number of benzene rings is 1. The van der Waals surface area contributed by atoms with Gasteiger partial charge in [0.15, 0.2) is 0 Å². The quantitative estimate of drug-likeness (QED) is 0.767. The van der Waals surface area contributed by atoms with Gasteiger partial charge in [0, 0.05) is 19.6 Å². The van der Waals surface area contributed by atoms with Crippen molar-refractivity contribution in [3.05, 3.63) is 34.4 Å². The fraction of sp³-hybridized carbons (Fsp3) is 0.684. The molecule has 1 nitrogen and oxygen atoms in total. The summed E-state index contributed by atoms with van der Waals surface area (Å²) in [6.07, 6.45) is 4.18. The second-order valence-corrected chi connectivity index (χ2v) is 7.49. The lowest BCUT2D eigenvalue weighted by Gasteiger charge is -2.31. The average Bonchev–Trinajstić information content (AvgIpc) is 3.20. The first-order chi connectivity index (χ1) is 9.54. The number of fused-ring (bicyclic) bond motifs is 1. The molecule has 0 radical (unpaired) electrons. The highest BCUT2D eigenvalue weighted by Gasteiger charge is 2.27. The molecule has 1 saturated carbocycles. The summed E-state index contributed by atoms with van der Waals surface area (Å²) in [6, 6.07) is 5.04. The van der Waals surface area contributed by atoms with E-state index in [2.05, 4.69) is 44.7 Å². The van der Waals surface area contributed by atoms with Gasteiger partial charge in [0.05, 0.1) is 0 Å². The lowest BCUT2D eigenvalue weighted by molar-refractivity contribution is 0.243. The predicted molar refractivity (Wildman–Crippen MR) is 86.3 cm³/mol. The summed E-state index contributed by atoms with van der Waals surface area (Å²) in [6.45, 7) is 13.1. The molecule has 1 heteroatoms. The summed E-state index contributed by atoms with van der Waals surface area (Å²) in [7, 11) is 0. The van der Waals surface area contributed by atoms with Crippen molar-refractivity contribution in [3.8, 4) is 0 Å². The molecule has 0 unspecified atom stereocenters. The Morgan fingerprint density at radius 2 is 1.60 bits per heavy atom. The van der Waals surface area contributed by atoms with Gasteiger partial charge in [-0.25, -0.2) is 0 Å². The van der Waals surface area contributed by atoms with Gasteiger partial charge in [-0.2, -0.15) is 0 Å². The van der Waals surface area contributed by atoms with Crippen LogP contribution in [0.3, 0.4) is 0 Å². The third-order valence-electron chi connectivity index (χ3n) is 4.95. The zero-order valence-corrected chi connectivity index (χ0v) is 13.6. The Bertz CT molecular complexity index is 483. The normalized spacial score (nSPS) is 19.7. The van der Waals surface area contributed by atoms with Crippen molar-refractivity contribution in [2.45, 2.75) is 65.3 Å². The van der Waals surface area contributed by atoms with Gasteiger partial charge in [0.2, 0.25) is 0 Å². The summed E-state index contributed by atoms with van der Waals surface area (Å²) in [5.41, 5.74) is 6.37. The number of rotatable bonds is 4. The molecule has 0 bridgehead atoms. The Kier molecular flexibility index (Phi) is 3.90. The van der Waals surface area contributed by atoms with Crippen LogP contribution in [0, 0.1) is 5.92 Å². The molecule has 0 amide bonds. The molecule has 0 atom stereocenters. The number of nitrogens with zero attached hydrogens (tertiary/aromatic N) is 1. The maximum absolute atomic E-state index is 2.68. The smallest absolute Gasteiger partial charge is 0.0236 e. The minimum absolute atomic E-state index is 0.636. The molecule has 20 heavy (non-hydrogen) atoms. The van der Waals surface area contributed by atoms with Crippen molar-refractivity contribution in [3.63, 3.8) is 0 Å². The van der Waals surface area contributed by atoms with Crippen molar-refractivity contribution in [2.75, 3.05) is 13.1 Å². The highest BCUT2D eigenvalue weighted by molar-refractivity contribution is 5.42. The third-order valence-corrected chi connectivity index (χ3v) is 4.95. The van der Waals surface area contributed by atoms with Gasteiger partial charge in [-0.05, 0) is 59.3 Å². The van der Waals surface area contributed by atoms with Crippen LogP contribution in [0.4, 0.5) is 0 Å². The van der Waals surface area contributed by atoms with Crippen LogP contribution in [0.1, 0.15) is 74.6 Å². The molecule has 1 aliphatic carbocycles. The molecule has 0 spiro atoms.